The van der Waals surface area contributed by atoms with Crippen molar-refractivity contribution in [3.63, 3.8) is 0 Å². The van der Waals surface area contributed by atoms with Crippen LogP contribution >= 0.6 is 15.9 Å². The molecule has 4 nitrogen and oxygen atoms in total. The van der Waals surface area contributed by atoms with Crippen LogP contribution in [0.3, 0.4) is 0 Å². The number of hydrogen-bond donors (Lipinski definition) is 1. The highest BCUT2D eigenvalue weighted by atomic mass is 79.9. The van der Waals surface area contributed by atoms with Gasteiger partial charge in [0.2, 0.25) is 0 Å². The van der Waals surface area contributed by atoms with Crippen molar-refractivity contribution in [2.75, 3.05) is 37.6 Å². The molecule has 0 atom stereocenters. The summed E-state index contributed by atoms with van der Waals surface area (Å²) in [4.78, 5) is 16.1. The van der Waals surface area contributed by atoms with E-state index in [0.717, 1.165) is 37.8 Å². The predicted molar refractivity (Wildman–Crippen MR) is 82.5 cm³/mol. The molecule has 1 N–H and O–H groups in total. The first-order valence-corrected chi connectivity index (χ1v) is 7.93. The van der Waals surface area contributed by atoms with Crippen LogP contribution in [-0.2, 0) is 0 Å². The molecule has 0 amide bonds. The molecule has 1 aliphatic carbocycles. The number of piperazine rings is 1. The second-order valence-electron chi connectivity index (χ2n) is 5.67. The number of rotatable bonds is 4. The minimum Gasteiger partial charge on any atom is -0.478 e. The Morgan fingerprint density at radius 3 is 2.55 bits per heavy atom. The van der Waals surface area contributed by atoms with Crippen LogP contribution in [0.5, 0.6) is 0 Å². The number of carboxylic acid groups (broad SMARTS) is 1. The fourth-order valence-electron chi connectivity index (χ4n) is 2.82. The summed E-state index contributed by atoms with van der Waals surface area (Å²) in [5, 5.41) is 9.39. The summed E-state index contributed by atoms with van der Waals surface area (Å²) in [6, 6.07) is 5.60. The molecule has 1 aliphatic heterocycles. The Bertz CT molecular complexity index is 509. The van der Waals surface area contributed by atoms with Gasteiger partial charge in [-0.15, -0.1) is 0 Å². The fraction of sp³-hybridized carbons (Fsp3) is 0.533. The summed E-state index contributed by atoms with van der Waals surface area (Å²) in [5.41, 5.74) is 1.21. The van der Waals surface area contributed by atoms with E-state index in [2.05, 4.69) is 25.7 Å². The maximum atomic E-state index is 11.4. The van der Waals surface area contributed by atoms with Crippen LogP contribution in [0, 0.1) is 5.92 Å². The average molecular weight is 339 g/mol. The van der Waals surface area contributed by atoms with Crippen LogP contribution in [-0.4, -0.2) is 48.7 Å². The van der Waals surface area contributed by atoms with E-state index in [1.165, 1.54) is 19.4 Å². The van der Waals surface area contributed by atoms with Gasteiger partial charge in [0.15, 0.2) is 0 Å². The Morgan fingerprint density at radius 1 is 1.25 bits per heavy atom. The summed E-state index contributed by atoms with van der Waals surface area (Å²) in [6.07, 6.45) is 2.77. The van der Waals surface area contributed by atoms with Crippen LogP contribution in [0.2, 0.25) is 0 Å². The van der Waals surface area contributed by atoms with Gasteiger partial charge in [0.05, 0.1) is 11.3 Å². The largest absolute Gasteiger partial charge is 0.478 e. The molecular weight excluding hydrogens is 320 g/mol. The second-order valence-corrected chi connectivity index (χ2v) is 6.52. The third-order valence-electron chi connectivity index (χ3n) is 4.13. The summed E-state index contributed by atoms with van der Waals surface area (Å²) in [5.74, 6) is 0.0508. The van der Waals surface area contributed by atoms with Crippen molar-refractivity contribution in [1.29, 1.82) is 0 Å². The SMILES string of the molecule is O=C(O)c1c(Br)cccc1N1CCN(CC2CC2)CC1. The lowest BCUT2D eigenvalue weighted by atomic mass is 10.1. The molecule has 0 aromatic heterocycles. The van der Waals surface area contributed by atoms with E-state index >= 15 is 0 Å². The fourth-order valence-corrected chi connectivity index (χ4v) is 3.35. The van der Waals surface area contributed by atoms with E-state index in [1.807, 2.05) is 12.1 Å². The van der Waals surface area contributed by atoms with Gasteiger partial charge in [-0.25, -0.2) is 4.79 Å². The van der Waals surface area contributed by atoms with Gasteiger partial charge < -0.3 is 10.0 Å². The van der Waals surface area contributed by atoms with Gasteiger partial charge in [-0.3, -0.25) is 4.90 Å². The highest BCUT2D eigenvalue weighted by Crippen LogP contribution is 2.31. The lowest BCUT2D eigenvalue weighted by molar-refractivity contribution is 0.0696. The summed E-state index contributed by atoms with van der Waals surface area (Å²) < 4.78 is 0.655. The Labute approximate surface area is 127 Å². The van der Waals surface area contributed by atoms with Gasteiger partial charge in [0.25, 0.3) is 0 Å². The molecule has 108 valence electrons. The van der Waals surface area contributed by atoms with Crippen molar-refractivity contribution >= 4 is 27.6 Å². The van der Waals surface area contributed by atoms with Crippen molar-refractivity contribution < 1.29 is 9.90 Å². The lowest BCUT2D eigenvalue weighted by Crippen LogP contribution is -2.47. The van der Waals surface area contributed by atoms with Gasteiger partial charge in [-0.2, -0.15) is 0 Å². The van der Waals surface area contributed by atoms with E-state index in [9.17, 15) is 9.90 Å². The first-order valence-electron chi connectivity index (χ1n) is 7.14. The van der Waals surface area contributed by atoms with Crippen molar-refractivity contribution in [2.24, 2.45) is 5.92 Å². The number of nitrogens with zero attached hydrogens (tertiary/aromatic N) is 2. The van der Waals surface area contributed by atoms with Crippen LogP contribution in [0.25, 0.3) is 0 Å². The predicted octanol–water partition coefficient (Wildman–Crippen LogP) is 2.68. The lowest BCUT2D eigenvalue weighted by Gasteiger charge is -2.36. The first kappa shape index (κ1) is 13.9. The number of halogens is 1. The van der Waals surface area contributed by atoms with Gasteiger partial charge >= 0.3 is 5.97 Å². The molecule has 1 saturated heterocycles. The maximum Gasteiger partial charge on any atom is 0.338 e. The summed E-state index contributed by atoms with van der Waals surface area (Å²) >= 11 is 3.35. The normalized spacial score (nSPS) is 20.1. The molecule has 1 aromatic carbocycles. The third-order valence-corrected chi connectivity index (χ3v) is 4.79. The molecule has 0 spiro atoms. The number of anilines is 1. The minimum atomic E-state index is -0.868. The molecule has 20 heavy (non-hydrogen) atoms. The molecule has 1 aromatic rings. The van der Waals surface area contributed by atoms with Gasteiger partial charge in [-0.1, -0.05) is 6.07 Å². The van der Waals surface area contributed by atoms with E-state index in [1.54, 1.807) is 6.07 Å². The van der Waals surface area contributed by atoms with Crippen LogP contribution in [0.4, 0.5) is 5.69 Å². The van der Waals surface area contributed by atoms with Gasteiger partial charge in [0.1, 0.15) is 0 Å². The molecular formula is C15H19BrN2O2. The van der Waals surface area contributed by atoms with Crippen molar-refractivity contribution in [1.82, 2.24) is 4.90 Å². The minimum absolute atomic E-state index is 0.378. The molecule has 0 radical (unpaired) electrons. The number of hydrogen-bond acceptors (Lipinski definition) is 3. The van der Waals surface area contributed by atoms with Crippen molar-refractivity contribution in [3.05, 3.63) is 28.2 Å². The standard InChI is InChI=1S/C15H19BrN2O2/c16-12-2-1-3-13(14(12)15(19)20)18-8-6-17(7-9-18)10-11-4-5-11/h1-3,11H,4-10H2,(H,19,20). The highest BCUT2D eigenvalue weighted by molar-refractivity contribution is 9.10. The molecule has 2 aliphatic rings. The Morgan fingerprint density at radius 2 is 1.95 bits per heavy atom. The van der Waals surface area contributed by atoms with Crippen molar-refractivity contribution in [2.45, 2.75) is 12.8 Å². The van der Waals surface area contributed by atoms with Crippen LogP contribution < -0.4 is 4.90 Å². The smallest absolute Gasteiger partial charge is 0.338 e. The van der Waals surface area contributed by atoms with Gasteiger partial charge in [-0.05, 0) is 46.8 Å². The van der Waals surface area contributed by atoms with Crippen molar-refractivity contribution in [3.8, 4) is 0 Å². The highest BCUT2D eigenvalue weighted by Gasteiger charge is 2.27. The second kappa shape index (κ2) is 5.74. The molecule has 5 heteroatoms. The Hall–Kier alpha value is -1.07. The number of carbonyl (C=O) groups is 1. The first-order chi connectivity index (χ1) is 9.65. The summed E-state index contributed by atoms with van der Waals surface area (Å²) in [7, 11) is 0. The van der Waals surface area contributed by atoms with E-state index in [0.29, 0.717) is 10.0 Å². The Balaban J connectivity index is 1.71. The molecule has 2 fully saturated rings. The molecule has 1 saturated carbocycles. The molecule has 0 bridgehead atoms. The zero-order chi connectivity index (χ0) is 14.1. The molecule has 1 heterocycles. The average Bonchev–Trinajstić information content (AvgIpc) is 3.23. The van der Waals surface area contributed by atoms with Gasteiger partial charge in [0, 0.05) is 37.2 Å². The van der Waals surface area contributed by atoms with E-state index in [-0.39, 0.29) is 0 Å². The topological polar surface area (TPSA) is 43.8 Å². The zero-order valence-corrected chi connectivity index (χ0v) is 13.0. The third kappa shape index (κ3) is 2.99. The molecule has 0 unspecified atom stereocenters. The quantitative estimate of drug-likeness (QED) is 0.916. The van der Waals surface area contributed by atoms with Crippen LogP contribution in [0.15, 0.2) is 22.7 Å². The van der Waals surface area contributed by atoms with E-state index in [4.69, 9.17) is 0 Å². The maximum absolute atomic E-state index is 11.4. The van der Waals surface area contributed by atoms with Crippen LogP contribution in [0.1, 0.15) is 23.2 Å². The number of carboxylic acids is 1. The Kier molecular flexibility index (Phi) is 3.98. The molecule has 3 rings (SSSR count). The summed E-state index contributed by atoms with van der Waals surface area (Å²) in [6.45, 7) is 5.09. The van der Waals surface area contributed by atoms with E-state index < -0.39 is 5.97 Å². The zero-order valence-electron chi connectivity index (χ0n) is 11.4. The number of aromatic carboxylic acids is 1. The monoisotopic (exact) mass is 338 g/mol. The number of benzene rings is 1.